The van der Waals surface area contributed by atoms with E-state index < -0.39 is 0 Å². The SMILES string of the molecule is [CH2]CCCCCC(C)C(C)(C)C. The van der Waals surface area contributed by atoms with Crippen LogP contribution in [0.3, 0.4) is 0 Å². The molecule has 0 aromatic carbocycles. The van der Waals surface area contributed by atoms with Crippen molar-refractivity contribution in [2.45, 2.75) is 59.8 Å². The summed E-state index contributed by atoms with van der Waals surface area (Å²) in [6.07, 6.45) is 6.53. The van der Waals surface area contributed by atoms with E-state index >= 15 is 0 Å². The van der Waals surface area contributed by atoms with Gasteiger partial charge in [-0.05, 0) is 11.3 Å². The molecule has 73 valence electrons. The topological polar surface area (TPSA) is 0 Å². The summed E-state index contributed by atoms with van der Waals surface area (Å²) >= 11 is 0. The minimum atomic E-state index is 0.491. The highest BCUT2D eigenvalue weighted by Gasteiger charge is 2.18. The second-order valence-electron chi connectivity index (χ2n) is 4.97. The van der Waals surface area contributed by atoms with Gasteiger partial charge >= 0.3 is 0 Å². The fourth-order valence-electron chi connectivity index (χ4n) is 1.24. The molecule has 0 aliphatic heterocycles. The van der Waals surface area contributed by atoms with Crippen LogP contribution in [0.4, 0.5) is 0 Å². The van der Waals surface area contributed by atoms with Gasteiger partial charge < -0.3 is 0 Å². The summed E-state index contributed by atoms with van der Waals surface area (Å²) < 4.78 is 0. The molecular weight excluding hydrogens is 144 g/mol. The Morgan fingerprint density at radius 1 is 1.08 bits per heavy atom. The van der Waals surface area contributed by atoms with Gasteiger partial charge in [0, 0.05) is 0 Å². The maximum absolute atomic E-state index is 3.85. The van der Waals surface area contributed by atoms with E-state index in [2.05, 4.69) is 34.6 Å². The van der Waals surface area contributed by atoms with Gasteiger partial charge in [0.2, 0.25) is 0 Å². The molecule has 0 heterocycles. The summed E-state index contributed by atoms with van der Waals surface area (Å²) in [6.45, 7) is 13.2. The monoisotopic (exact) mass is 169 g/mol. The van der Waals surface area contributed by atoms with Crippen LogP contribution in [-0.4, -0.2) is 0 Å². The van der Waals surface area contributed by atoms with E-state index in [0.29, 0.717) is 5.41 Å². The van der Waals surface area contributed by atoms with Crippen molar-refractivity contribution in [3.05, 3.63) is 6.92 Å². The van der Waals surface area contributed by atoms with Crippen molar-refractivity contribution in [3.8, 4) is 0 Å². The minimum Gasteiger partial charge on any atom is -0.0620 e. The van der Waals surface area contributed by atoms with Gasteiger partial charge in [0.15, 0.2) is 0 Å². The van der Waals surface area contributed by atoms with Crippen LogP contribution in [0.2, 0.25) is 0 Å². The minimum absolute atomic E-state index is 0.491. The largest absolute Gasteiger partial charge is 0.0620 e. The average Bonchev–Trinajstić information content (AvgIpc) is 1.96. The Morgan fingerprint density at radius 2 is 1.67 bits per heavy atom. The molecule has 1 radical (unpaired) electrons. The van der Waals surface area contributed by atoms with Crippen molar-refractivity contribution in [1.29, 1.82) is 0 Å². The third kappa shape index (κ3) is 5.62. The lowest BCUT2D eigenvalue weighted by molar-refractivity contribution is 0.241. The Kier molecular flexibility index (Phi) is 5.61. The summed E-state index contributed by atoms with van der Waals surface area (Å²) in [5.41, 5.74) is 0.491. The highest BCUT2D eigenvalue weighted by Crippen LogP contribution is 2.29. The standard InChI is InChI=1S/C12H25/c1-6-7-8-9-10-11(2)12(3,4)5/h11H,1,6-10H2,2-5H3. The van der Waals surface area contributed by atoms with Gasteiger partial charge in [-0.2, -0.15) is 0 Å². The quantitative estimate of drug-likeness (QED) is 0.533. The third-order valence-electron chi connectivity index (χ3n) is 2.87. The number of hydrogen-bond donors (Lipinski definition) is 0. The van der Waals surface area contributed by atoms with E-state index in [1.54, 1.807) is 0 Å². The van der Waals surface area contributed by atoms with Crippen LogP contribution in [-0.2, 0) is 0 Å². The van der Waals surface area contributed by atoms with Crippen LogP contribution in [0.1, 0.15) is 59.8 Å². The second-order valence-corrected chi connectivity index (χ2v) is 4.97. The van der Waals surface area contributed by atoms with Crippen LogP contribution in [0.25, 0.3) is 0 Å². The predicted molar refractivity (Wildman–Crippen MR) is 57.1 cm³/mol. The molecule has 0 bridgehead atoms. The molecule has 0 spiro atoms. The molecule has 0 aliphatic rings. The van der Waals surface area contributed by atoms with Gasteiger partial charge in [0.1, 0.15) is 0 Å². The molecule has 1 atom stereocenters. The Labute approximate surface area is 78.8 Å². The fourth-order valence-corrected chi connectivity index (χ4v) is 1.24. The van der Waals surface area contributed by atoms with Crippen molar-refractivity contribution in [1.82, 2.24) is 0 Å². The lowest BCUT2D eigenvalue weighted by Gasteiger charge is -2.27. The molecule has 0 amide bonds. The Hall–Kier alpha value is 0. The van der Waals surface area contributed by atoms with E-state index in [1.807, 2.05) is 0 Å². The van der Waals surface area contributed by atoms with Crippen molar-refractivity contribution in [3.63, 3.8) is 0 Å². The third-order valence-corrected chi connectivity index (χ3v) is 2.87. The first kappa shape index (κ1) is 12.0. The van der Waals surface area contributed by atoms with Crippen LogP contribution in [0.15, 0.2) is 0 Å². The summed E-state index contributed by atoms with van der Waals surface area (Å²) in [5.74, 6) is 0.849. The summed E-state index contributed by atoms with van der Waals surface area (Å²) in [7, 11) is 0. The van der Waals surface area contributed by atoms with Crippen molar-refractivity contribution < 1.29 is 0 Å². The molecule has 0 N–H and O–H groups in total. The lowest BCUT2D eigenvalue weighted by atomic mass is 9.79. The Balaban J connectivity index is 3.38. The van der Waals surface area contributed by atoms with Crippen LogP contribution in [0, 0.1) is 18.3 Å². The zero-order chi connectivity index (χ0) is 9.61. The average molecular weight is 169 g/mol. The first-order chi connectivity index (χ1) is 5.48. The molecule has 0 saturated heterocycles. The summed E-state index contributed by atoms with van der Waals surface area (Å²) in [5, 5.41) is 0. The molecule has 0 fully saturated rings. The maximum atomic E-state index is 3.85. The molecule has 0 aliphatic carbocycles. The van der Waals surface area contributed by atoms with E-state index in [4.69, 9.17) is 0 Å². The van der Waals surface area contributed by atoms with Crippen LogP contribution >= 0.6 is 0 Å². The molecule has 12 heavy (non-hydrogen) atoms. The second kappa shape index (κ2) is 5.61. The zero-order valence-electron chi connectivity index (χ0n) is 9.32. The van der Waals surface area contributed by atoms with E-state index in [1.165, 1.54) is 25.7 Å². The predicted octanol–water partition coefficient (Wildman–Crippen LogP) is 4.45. The molecule has 0 nitrogen and oxygen atoms in total. The van der Waals surface area contributed by atoms with Gasteiger partial charge in [-0.25, -0.2) is 0 Å². The lowest BCUT2D eigenvalue weighted by Crippen LogP contribution is -2.16. The zero-order valence-corrected chi connectivity index (χ0v) is 9.32. The first-order valence-electron chi connectivity index (χ1n) is 5.27. The summed E-state index contributed by atoms with van der Waals surface area (Å²) in [4.78, 5) is 0. The number of rotatable bonds is 5. The molecule has 0 aromatic rings. The van der Waals surface area contributed by atoms with Gasteiger partial charge in [-0.3, -0.25) is 0 Å². The van der Waals surface area contributed by atoms with Gasteiger partial charge in [-0.1, -0.05) is 66.7 Å². The van der Waals surface area contributed by atoms with E-state index in [-0.39, 0.29) is 0 Å². The Morgan fingerprint density at radius 3 is 2.08 bits per heavy atom. The summed E-state index contributed by atoms with van der Waals surface area (Å²) in [6, 6.07) is 0. The number of hydrogen-bond acceptors (Lipinski definition) is 0. The first-order valence-corrected chi connectivity index (χ1v) is 5.27. The van der Waals surface area contributed by atoms with Crippen molar-refractivity contribution >= 4 is 0 Å². The van der Waals surface area contributed by atoms with Crippen LogP contribution < -0.4 is 0 Å². The molecule has 1 unspecified atom stereocenters. The van der Waals surface area contributed by atoms with Crippen LogP contribution in [0.5, 0.6) is 0 Å². The van der Waals surface area contributed by atoms with Gasteiger partial charge in [0.25, 0.3) is 0 Å². The smallest absolute Gasteiger partial charge is 0.0357 e. The van der Waals surface area contributed by atoms with E-state index in [0.717, 1.165) is 12.3 Å². The number of unbranched alkanes of at least 4 members (excludes halogenated alkanes) is 3. The maximum Gasteiger partial charge on any atom is -0.0357 e. The van der Waals surface area contributed by atoms with Gasteiger partial charge in [0.05, 0.1) is 0 Å². The Bertz CT molecular complexity index is 97.1. The van der Waals surface area contributed by atoms with Crippen molar-refractivity contribution in [2.75, 3.05) is 0 Å². The molecular formula is C12H25. The van der Waals surface area contributed by atoms with E-state index in [9.17, 15) is 0 Å². The normalized spacial score (nSPS) is 14.8. The molecule has 0 rings (SSSR count). The molecule has 0 saturated carbocycles. The highest BCUT2D eigenvalue weighted by molar-refractivity contribution is 4.69. The molecule has 0 heteroatoms. The van der Waals surface area contributed by atoms with Crippen molar-refractivity contribution in [2.24, 2.45) is 11.3 Å². The molecule has 0 aromatic heterocycles. The fraction of sp³-hybridized carbons (Fsp3) is 0.917. The van der Waals surface area contributed by atoms with Gasteiger partial charge in [-0.15, -0.1) is 0 Å². The highest BCUT2D eigenvalue weighted by atomic mass is 14.2.